The lowest BCUT2D eigenvalue weighted by Gasteiger charge is -2.07. The summed E-state index contributed by atoms with van der Waals surface area (Å²) in [6.45, 7) is 0.280. The molecule has 1 saturated carbocycles. The Morgan fingerprint density at radius 3 is 3.00 bits per heavy atom. The van der Waals surface area contributed by atoms with Crippen molar-refractivity contribution in [2.75, 3.05) is 0 Å². The molecule has 1 fully saturated rings. The van der Waals surface area contributed by atoms with E-state index in [-0.39, 0.29) is 18.5 Å². The van der Waals surface area contributed by atoms with Crippen molar-refractivity contribution in [2.45, 2.75) is 25.5 Å². The molecule has 70 valence electrons. The number of ether oxygens (including phenoxy) is 1. The first kappa shape index (κ1) is 8.44. The quantitative estimate of drug-likeness (QED) is 0.764. The first-order valence-electron chi connectivity index (χ1n) is 4.30. The molecule has 1 aliphatic rings. The van der Waals surface area contributed by atoms with Gasteiger partial charge in [-0.25, -0.2) is 4.39 Å². The van der Waals surface area contributed by atoms with E-state index in [4.69, 9.17) is 10.5 Å². The highest BCUT2D eigenvalue weighted by molar-refractivity contribution is 5.28. The van der Waals surface area contributed by atoms with Crippen molar-refractivity contribution in [3.63, 3.8) is 0 Å². The van der Waals surface area contributed by atoms with Gasteiger partial charge in [-0.2, -0.15) is 0 Å². The number of nitrogens with two attached hydrogens (primary N) is 1. The second-order valence-electron chi connectivity index (χ2n) is 3.12. The minimum atomic E-state index is -0.382. The normalized spacial score (nSPS) is 15.8. The molecule has 0 saturated heterocycles. The van der Waals surface area contributed by atoms with Gasteiger partial charge in [-0.1, -0.05) is 0 Å². The summed E-state index contributed by atoms with van der Waals surface area (Å²) in [4.78, 5) is 3.85. The van der Waals surface area contributed by atoms with Gasteiger partial charge in [0.15, 0.2) is 0 Å². The third-order valence-electron chi connectivity index (χ3n) is 1.91. The smallest absolute Gasteiger partial charge is 0.145 e. The van der Waals surface area contributed by atoms with Gasteiger partial charge in [0.05, 0.1) is 18.0 Å². The Morgan fingerprint density at radius 1 is 1.62 bits per heavy atom. The van der Waals surface area contributed by atoms with Crippen molar-refractivity contribution in [2.24, 2.45) is 5.73 Å². The van der Waals surface area contributed by atoms with E-state index >= 15 is 0 Å². The Balaban J connectivity index is 2.22. The molecule has 0 spiro atoms. The molecule has 4 heteroatoms. The second-order valence-corrected chi connectivity index (χ2v) is 3.12. The Bertz CT molecular complexity index is 312. The molecule has 13 heavy (non-hydrogen) atoms. The lowest BCUT2D eigenvalue weighted by molar-refractivity contribution is 0.296. The molecule has 2 N–H and O–H groups in total. The molecule has 0 aliphatic heterocycles. The van der Waals surface area contributed by atoms with Crippen LogP contribution in [0.4, 0.5) is 4.39 Å². The fraction of sp³-hybridized carbons (Fsp3) is 0.444. The van der Waals surface area contributed by atoms with Crippen LogP contribution >= 0.6 is 0 Å². The van der Waals surface area contributed by atoms with Gasteiger partial charge in [-0.3, -0.25) is 4.98 Å². The molecule has 0 amide bonds. The Hall–Kier alpha value is -1.16. The van der Waals surface area contributed by atoms with Gasteiger partial charge < -0.3 is 10.5 Å². The number of halogens is 1. The topological polar surface area (TPSA) is 48.1 Å². The Morgan fingerprint density at radius 2 is 2.38 bits per heavy atom. The van der Waals surface area contributed by atoms with Crippen molar-refractivity contribution >= 4 is 0 Å². The van der Waals surface area contributed by atoms with Crippen LogP contribution in [0.15, 0.2) is 12.3 Å². The number of aromatic nitrogens is 1. The number of nitrogens with zero attached hydrogens (tertiary/aromatic N) is 1. The van der Waals surface area contributed by atoms with Crippen molar-refractivity contribution in [3.05, 3.63) is 23.8 Å². The molecule has 1 aromatic rings. The zero-order valence-corrected chi connectivity index (χ0v) is 7.16. The Labute approximate surface area is 75.7 Å². The molecule has 3 nitrogen and oxygen atoms in total. The van der Waals surface area contributed by atoms with E-state index in [1.54, 1.807) is 0 Å². The standard InChI is InChI=1S/C9H11FN2O/c10-6-3-9(13-7-1-2-7)8(4-11)12-5-6/h3,5,7H,1-2,4,11H2. The zero-order valence-electron chi connectivity index (χ0n) is 7.16. The van der Waals surface area contributed by atoms with E-state index in [1.165, 1.54) is 6.07 Å². The third kappa shape index (κ3) is 1.95. The molecule has 0 unspecified atom stereocenters. The average Bonchev–Trinajstić information content (AvgIpc) is 2.89. The van der Waals surface area contributed by atoms with Crippen LogP contribution in [-0.2, 0) is 6.54 Å². The maximum atomic E-state index is 12.8. The summed E-state index contributed by atoms with van der Waals surface area (Å²) in [7, 11) is 0. The summed E-state index contributed by atoms with van der Waals surface area (Å²) in [6, 6.07) is 1.34. The van der Waals surface area contributed by atoms with E-state index < -0.39 is 0 Å². The fourth-order valence-corrected chi connectivity index (χ4v) is 1.07. The average molecular weight is 182 g/mol. The highest BCUT2D eigenvalue weighted by Gasteiger charge is 2.24. The molecular weight excluding hydrogens is 171 g/mol. The summed E-state index contributed by atoms with van der Waals surface area (Å²) in [5.41, 5.74) is 6.05. The van der Waals surface area contributed by atoms with Crippen LogP contribution in [0.2, 0.25) is 0 Å². The van der Waals surface area contributed by atoms with Crippen LogP contribution in [0.25, 0.3) is 0 Å². The number of hydrogen-bond acceptors (Lipinski definition) is 3. The summed E-state index contributed by atoms with van der Waals surface area (Å²) < 4.78 is 18.2. The lowest BCUT2D eigenvalue weighted by Crippen LogP contribution is -2.06. The molecule has 1 aromatic heterocycles. The van der Waals surface area contributed by atoms with E-state index in [1.807, 2.05) is 0 Å². The summed E-state index contributed by atoms with van der Waals surface area (Å²) >= 11 is 0. The summed E-state index contributed by atoms with van der Waals surface area (Å²) in [6.07, 6.45) is 3.48. The van der Waals surface area contributed by atoms with E-state index in [0.29, 0.717) is 11.4 Å². The minimum Gasteiger partial charge on any atom is -0.488 e. The van der Waals surface area contributed by atoms with E-state index in [0.717, 1.165) is 19.0 Å². The maximum Gasteiger partial charge on any atom is 0.145 e. The van der Waals surface area contributed by atoms with Gasteiger partial charge in [-0.15, -0.1) is 0 Å². The maximum absolute atomic E-state index is 12.8. The van der Waals surface area contributed by atoms with Crippen LogP contribution in [0.5, 0.6) is 5.75 Å². The first-order chi connectivity index (χ1) is 6.29. The molecule has 1 aliphatic carbocycles. The second kappa shape index (κ2) is 3.30. The largest absolute Gasteiger partial charge is 0.488 e. The predicted octanol–water partition coefficient (Wildman–Crippen LogP) is 1.22. The first-order valence-corrected chi connectivity index (χ1v) is 4.30. The number of rotatable bonds is 3. The highest BCUT2D eigenvalue weighted by Crippen LogP contribution is 2.28. The van der Waals surface area contributed by atoms with Crippen LogP contribution in [0.3, 0.4) is 0 Å². The van der Waals surface area contributed by atoms with Crippen molar-refractivity contribution in [3.8, 4) is 5.75 Å². The molecule has 0 aromatic carbocycles. The third-order valence-corrected chi connectivity index (χ3v) is 1.91. The van der Waals surface area contributed by atoms with E-state index in [9.17, 15) is 4.39 Å². The zero-order chi connectivity index (χ0) is 9.26. The Kier molecular flexibility index (Phi) is 2.14. The number of hydrogen-bond donors (Lipinski definition) is 1. The van der Waals surface area contributed by atoms with Gasteiger partial charge >= 0.3 is 0 Å². The summed E-state index contributed by atoms with van der Waals surface area (Å²) in [5.74, 6) is 0.109. The van der Waals surface area contributed by atoms with Gasteiger partial charge in [0.1, 0.15) is 11.6 Å². The van der Waals surface area contributed by atoms with Gasteiger partial charge in [0.2, 0.25) is 0 Å². The van der Waals surface area contributed by atoms with Gasteiger partial charge in [-0.05, 0) is 12.8 Å². The van der Waals surface area contributed by atoms with Crippen LogP contribution in [-0.4, -0.2) is 11.1 Å². The molecular formula is C9H11FN2O. The lowest BCUT2D eigenvalue weighted by atomic mass is 10.3. The van der Waals surface area contributed by atoms with E-state index in [2.05, 4.69) is 4.98 Å². The molecule has 2 rings (SSSR count). The molecule has 0 bridgehead atoms. The van der Waals surface area contributed by atoms with Crippen LogP contribution < -0.4 is 10.5 Å². The van der Waals surface area contributed by atoms with Crippen molar-refractivity contribution < 1.29 is 9.13 Å². The minimum absolute atomic E-state index is 0.244. The van der Waals surface area contributed by atoms with Crippen molar-refractivity contribution in [1.29, 1.82) is 0 Å². The van der Waals surface area contributed by atoms with Gasteiger partial charge in [0, 0.05) is 12.6 Å². The monoisotopic (exact) mass is 182 g/mol. The summed E-state index contributed by atoms with van der Waals surface area (Å²) in [5, 5.41) is 0. The number of pyridine rings is 1. The predicted molar refractivity (Wildman–Crippen MR) is 45.7 cm³/mol. The van der Waals surface area contributed by atoms with Crippen LogP contribution in [0, 0.1) is 5.82 Å². The molecule has 0 atom stereocenters. The molecule has 0 radical (unpaired) electrons. The fourth-order valence-electron chi connectivity index (χ4n) is 1.07. The van der Waals surface area contributed by atoms with Crippen LogP contribution in [0.1, 0.15) is 18.5 Å². The van der Waals surface area contributed by atoms with Crippen molar-refractivity contribution in [1.82, 2.24) is 4.98 Å². The van der Waals surface area contributed by atoms with Gasteiger partial charge in [0.25, 0.3) is 0 Å². The highest BCUT2D eigenvalue weighted by atomic mass is 19.1. The molecule has 1 heterocycles. The SMILES string of the molecule is NCc1ncc(F)cc1OC1CC1.